The normalized spacial score (nSPS) is 12.5. The summed E-state index contributed by atoms with van der Waals surface area (Å²) >= 11 is 5.80. The molecule has 1 atom stereocenters. The van der Waals surface area contributed by atoms with Gasteiger partial charge in [-0.2, -0.15) is 20.3 Å². The Morgan fingerprint density at radius 1 is 1.15 bits per heavy atom. The van der Waals surface area contributed by atoms with Gasteiger partial charge in [-0.15, -0.1) is 5.10 Å². The van der Waals surface area contributed by atoms with E-state index < -0.39 is 0 Å². The highest BCUT2D eigenvalue weighted by Gasteiger charge is 2.17. The number of hydrogen-bond donors (Lipinski definition) is 6. The summed E-state index contributed by atoms with van der Waals surface area (Å²) in [5.41, 5.74) is 0.998. The van der Waals surface area contributed by atoms with Gasteiger partial charge >= 0.3 is 0 Å². The number of benzene rings is 1. The molecule has 0 fully saturated rings. The van der Waals surface area contributed by atoms with E-state index in [4.69, 9.17) is 11.6 Å². The Morgan fingerprint density at radius 3 is 2.48 bits per heavy atom. The van der Waals surface area contributed by atoms with E-state index >= 15 is 0 Å². The lowest BCUT2D eigenvalue weighted by atomic mass is 10.1. The maximum absolute atomic E-state index is 10.00. The molecule has 10 nitrogen and oxygen atoms in total. The molecule has 2 aromatic heterocycles. The number of phenols is 2. The zero-order valence-corrected chi connectivity index (χ0v) is 15.5. The van der Waals surface area contributed by atoms with E-state index in [1.54, 1.807) is 0 Å². The summed E-state index contributed by atoms with van der Waals surface area (Å²) in [6, 6.07) is 2.45. The Labute approximate surface area is 159 Å². The van der Waals surface area contributed by atoms with Crippen LogP contribution in [0, 0.1) is 5.92 Å². The lowest BCUT2D eigenvalue weighted by molar-refractivity contribution is 0.248. The van der Waals surface area contributed by atoms with E-state index in [0.29, 0.717) is 17.0 Å². The summed E-state index contributed by atoms with van der Waals surface area (Å²) in [4.78, 5) is 8.65. The Morgan fingerprint density at radius 2 is 1.85 bits per heavy atom. The van der Waals surface area contributed by atoms with Crippen LogP contribution < -0.4 is 10.6 Å². The fourth-order valence-electron chi connectivity index (χ4n) is 2.48. The molecule has 11 heteroatoms. The second-order valence-electron chi connectivity index (χ2n) is 6.35. The number of aromatic hydroxyl groups is 2. The van der Waals surface area contributed by atoms with Gasteiger partial charge in [0.05, 0.1) is 18.2 Å². The molecule has 27 heavy (non-hydrogen) atoms. The molecule has 0 aliphatic carbocycles. The number of phenolic OH excluding ortho intramolecular Hbond substituents is 2. The average molecular weight is 394 g/mol. The number of H-pyrrole nitrogens is 1. The van der Waals surface area contributed by atoms with Gasteiger partial charge < -0.3 is 26.0 Å². The predicted octanol–water partition coefficient (Wildman–Crippen LogP) is 1.85. The molecule has 1 aromatic carbocycles. The van der Waals surface area contributed by atoms with Crippen molar-refractivity contribution < 1.29 is 15.3 Å². The Kier molecular flexibility index (Phi) is 5.47. The minimum atomic E-state index is -0.230. The van der Waals surface area contributed by atoms with Crippen LogP contribution in [-0.2, 0) is 6.54 Å². The van der Waals surface area contributed by atoms with Gasteiger partial charge in [0.1, 0.15) is 11.5 Å². The molecular weight excluding hydrogens is 374 g/mol. The highest BCUT2D eigenvalue weighted by atomic mass is 35.5. The van der Waals surface area contributed by atoms with Crippen LogP contribution in [-0.4, -0.2) is 53.3 Å². The zero-order chi connectivity index (χ0) is 19.6. The number of aliphatic hydroxyl groups excluding tert-OH is 1. The van der Waals surface area contributed by atoms with Crippen LogP contribution >= 0.6 is 11.6 Å². The minimum Gasteiger partial charge on any atom is -0.507 e. The van der Waals surface area contributed by atoms with E-state index in [1.807, 2.05) is 13.8 Å². The summed E-state index contributed by atoms with van der Waals surface area (Å²) in [6.07, 6.45) is 0. The van der Waals surface area contributed by atoms with E-state index in [9.17, 15) is 15.3 Å². The van der Waals surface area contributed by atoms with Gasteiger partial charge in [-0.3, -0.25) is 0 Å². The van der Waals surface area contributed by atoms with Crippen molar-refractivity contribution >= 4 is 34.5 Å². The summed E-state index contributed by atoms with van der Waals surface area (Å²) in [5, 5.41) is 46.3. The molecule has 0 bridgehead atoms. The largest absolute Gasteiger partial charge is 0.507 e. The molecule has 3 rings (SSSR count). The van der Waals surface area contributed by atoms with Crippen LogP contribution in [0.3, 0.4) is 0 Å². The summed E-state index contributed by atoms with van der Waals surface area (Å²) in [6.45, 7) is 3.93. The van der Waals surface area contributed by atoms with Gasteiger partial charge in [-0.1, -0.05) is 25.4 Å². The smallest absolute Gasteiger partial charge is 0.227 e. The quantitative estimate of drug-likeness (QED) is 0.353. The van der Waals surface area contributed by atoms with Gasteiger partial charge in [-0.05, 0) is 18.1 Å². The standard InChI is InChI=1S/C16H20ClN7O3/c1-7(2)10(6-25)19-16-20-14(13-15(21-16)23-24-22-13)18-5-9-11(26)3-8(17)4-12(9)27/h3-4,7,10,25-27H,5-6H2,1-2H3,(H3,18,19,20,21,22,23,24)/t10-/m0/s1. The van der Waals surface area contributed by atoms with E-state index in [-0.39, 0.29) is 53.1 Å². The molecule has 0 radical (unpaired) electrons. The number of halogens is 1. The molecule has 6 N–H and O–H groups in total. The average Bonchev–Trinajstić information content (AvgIpc) is 3.07. The van der Waals surface area contributed by atoms with Crippen LogP contribution in [0.4, 0.5) is 11.8 Å². The monoisotopic (exact) mass is 393 g/mol. The van der Waals surface area contributed by atoms with Crippen molar-refractivity contribution in [3.05, 3.63) is 22.7 Å². The number of nitrogens with zero attached hydrogens (tertiary/aromatic N) is 4. The zero-order valence-electron chi connectivity index (χ0n) is 14.7. The predicted molar refractivity (Wildman–Crippen MR) is 101 cm³/mol. The molecule has 0 saturated carbocycles. The van der Waals surface area contributed by atoms with E-state index in [1.165, 1.54) is 12.1 Å². The second kappa shape index (κ2) is 7.80. The lowest BCUT2D eigenvalue weighted by Crippen LogP contribution is -2.30. The molecular formula is C16H20ClN7O3. The molecule has 3 aromatic rings. The van der Waals surface area contributed by atoms with Crippen molar-refractivity contribution in [1.29, 1.82) is 0 Å². The molecule has 2 heterocycles. The third-order valence-electron chi connectivity index (χ3n) is 4.10. The summed E-state index contributed by atoms with van der Waals surface area (Å²) < 4.78 is 0. The van der Waals surface area contributed by atoms with Gasteiger partial charge in [0.25, 0.3) is 0 Å². The number of aromatic amines is 1. The van der Waals surface area contributed by atoms with Crippen LogP contribution in [0.5, 0.6) is 11.5 Å². The van der Waals surface area contributed by atoms with E-state index in [2.05, 4.69) is 36.0 Å². The van der Waals surface area contributed by atoms with Crippen molar-refractivity contribution in [3.63, 3.8) is 0 Å². The second-order valence-corrected chi connectivity index (χ2v) is 6.78. The van der Waals surface area contributed by atoms with Crippen LogP contribution in [0.1, 0.15) is 19.4 Å². The summed E-state index contributed by atoms with van der Waals surface area (Å²) in [7, 11) is 0. The van der Waals surface area contributed by atoms with Crippen molar-refractivity contribution in [2.45, 2.75) is 26.4 Å². The minimum absolute atomic E-state index is 0.0703. The lowest BCUT2D eigenvalue weighted by Gasteiger charge is -2.20. The van der Waals surface area contributed by atoms with Crippen molar-refractivity contribution in [2.24, 2.45) is 5.92 Å². The topological polar surface area (TPSA) is 152 Å². The molecule has 144 valence electrons. The highest BCUT2D eigenvalue weighted by molar-refractivity contribution is 6.30. The molecule has 0 aliphatic rings. The first-order valence-corrected chi connectivity index (χ1v) is 8.67. The van der Waals surface area contributed by atoms with Crippen LogP contribution in [0.2, 0.25) is 5.02 Å². The van der Waals surface area contributed by atoms with Crippen LogP contribution in [0.15, 0.2) is 12.1 Å². The third-order valence-corrected chi connectivity index (χ3v) is 4.32. The third kappa shape index (κ3) is 4.12. The molecule has 0 aliphatic heterocycles. The van der Waals surface area contributed by atoms with Crippen molar-refractivity contribution in [2.75, 3.05) is 17.2 Å². The summed E-state index contributed by atoms with van der Waals surface area (Å²) in [5.74, 6) is 0.500. The SMILES string of the molecule is CC(C)[C@H](CO)Nc1nc(NCc2c(O)cc(Cl)cc2O)c2n[nH]nc2n1. The number of anilines is 2. The van der Waals surface area contributed by atoms with Gasteiger partial charge in [0.15, 0.2) is 11.3 Å². The maximum Gasteiger partial charge on any atom is 0.227 e. The number of rotatable bonds is 7. The van der Waals surface area contributed by atoms with Gasteiger partial charge in [0, 0.05) is 11.6 Å². The fraction of sp³-hybridized carbons (Fsp3) is 0.375. The van der Waals surface area contributed by atoms with Gasteiger partial charge in [0.2, 0.25) is 11.6 Å². The van der Waals surface area contributed by atoms with Gasteiger partial charge in [-0.25, -0.2) is 0 Å². The number of hydrogen-bond acceptors (Lipinski definition) is 9. The fourth-order valence-corrected chi connectivity index (χ4v) is 2.69. The maximum atomic E-state index is 10.00. The van der Waals surface area contributed by atoms with E-state index in [0.717, 1.165) is 0 Å². The number of aliphatic hydroxyl groups is 1. The number of nitrogens with one attached hydrogen (secondary N) is 3. The Bertz CT molecular complexity index is 924. The Hall–Kier alpha value is -2.85. The first-order chi connectivity index (χ1) is 12.9. The van der Waals surface area contributed by atoms with Crippen molar-refractivity contribution in [1.82, 2.24) is 25.4 Å². The molecule has 0 amide bonds. The molecule has 0 unspecified atom stereocenters. The highest BCUT2D eigenvalue weighted by Crippen LogP contribution is 2.32. The molecule has 0 saturated heterocycles. The first kappa shape index (κ1) is 18.9. The Balaban J connectivity index is 1.89. The first-order valence-electron chi connectivity index (χ1n) is 8.29. The molecule has 0 spiro atoms. The number of fused-ring (bicyclic) bond motifs is 1. The van der Waals surface area contributed by atoms with Crippen LogP contribution in [0.25, 0.3) is 11.2 Å². The van der Waals surface area contributed by atoms with Crippen molar-refractivity contribution in [3.8, 4) is 11.5 Å². The number of aromatic nitrogens is 5.